The Morgan fingerprint density at radius 3 is 2.62 bits per heavy atom. The van der Waals surface area contributed by atoms with Gasteiger partial charge in [0.15, 0.2) is 0 Å². The molecule has 1 aromatic heterocycles. The monoisotopic (exact) mass is 290 g/mol. The van der Waals surface area contributed by atoms with E-state index in [1.807, 2.05) is 24.2 Å². The third-order valence-corrected chi connectivity index (χ3v) is 4.75. The highest BCUT2D eigenvalue weighted by Crippen LogP contribution is 2.37. The van der Waals surface area contributed by atoms with Gasteiger partial charge in [0, 0.05) is 25.8 Å². The van der Waals surface area contributed by atoms with Crippen LogP contribution in [0, 0.1) is 5.92 Å². The van der Waals surface area contributed by atoms with E-state index in [1.54, 1.807) is 0 Å². The van der Waals surface area contributed by atoms with Crippen molar-refractivity contribution >= 4 is 11.6 Å². The fourth-order valence-corrected chi connectivity index (χ4v) is 3.24. The van der Waals surface area contributed by atoms with Gasteiger partial charge in [0.25, 0.3) is 5.91 Å². The second-order valence-electron chi connectivity index (χ2n) is 6.73. The topological polar surface area (TPSA) is 54.5 Å². The normalized spacial score (nSPS) is 20.7. The Morgan fingerprint density at radius 2 is 2.00 bits per heavy atom. The van der Waals surface area contributed by atoms with Crippen LogP contribution in [0.5, 0.6) is 0 Å². The summed E-state index contributed by atoms with van der Waals surface area (Å²) in [6.45, 7) is 3.12. The predicted octanol–water partition coefficient (Wildman–Crippen LogP) is 1.82. The lowest BCUT2D eigenvalue weighted by Gasteiger charge is -2.31. The summed E-state index contributed by atoms with van der Waals surface area (Å²) in [4.78, 5) is 16.9. The van der Waals surface area contributed by atoms with Crippen molar-refractivity contribution in [3.05, 3.63) is 18.0 Å². The summed E-state index contributed by atoms with van der Waals surface area (Å²) in [7, 11) is 4.08. The van der Waals surface area contributed by atoms with Crippen LogP contribution in [0.1, 0.15) is 42.2 Å². The first kappa shape index (κ1) is 14.4. The molecule has 5 heteroatoms. The zero-order valence-corrected chi connectivity index (χ0v) is 13.1. The lowest BCUT2D eigenvalue weighted by atomic mass is 9.96. The molecular formula is C16H26N4O. The molecule has 2 fully saturated rings. The van der Waals surface area contributed by atoms with Crippen LogP contribution in [0.4, 0.5) is 5.69 Å². The first-order chi connectivity index (χ1) is 10.0. The number of anilines is 1. The summed E-state index contributed by atoms with van der Waals surface area (Å²) in [6, 6.07) is 2.31. The Balaban J connectivity index is 1.64. The molecule has 1 saturated carbocycles. The van der Waals surface area contributed by atoms with Gasteiger partial charge < -0.3 is 20.1 Å². The van der Waals surface area contributed by atoms with Gasteiger partial charge in [0.1, 0.15) is 5.69 Å². The number of nitrogen functional groups attached to an aromatic ring is 1. The maximum Gasteiger partial charge on any atom is 0.270 e. The van der Waals surface area contributed by atoms with E-state index >= 15 is 0 Å². The minimum absolute atomic E-state index is 0.109. The average molecular weight is 290 g/mol. The highest BCUT2D eigenvalue weighted by Gasteiger charge is 2.29. The number of likely N-dealkylation sites (tertiary alicyclic amines) is 1. The molecule has 0 spiro atoms. The summed E-state index contributed by atoms with van der Waals surface area (Å²) in [6.07, 6.45) is 6.59. The van der Waals surface area contributed by atoms with E-state index in [9.17, 15) is 4.79 Å². The molecule has 116 valence electrons. The molecule has 0 atom stereocenters. The van der Waals surface area contributed by atoms with Crippen LogP contribution in [-0.4, -0.2) is 54.0 Å². The Hall–Kier alpha value is -1.49. The van der Waals surface area contributed by atoms with Gasteiger partial charge in [-0.05, 0) is 57.8 Å². The van der Waals surface area contributed by atoms with Crippen molar-refractivity contribution in [3.63, 3.8) is 0 Å². The molecule has 0 unspecified atom stereocenters. The number of amides is 1. The van der Waals surface area contributed by atoms with Gasteiger partial charge in [0.2, 0.25) is 0 Å². The van der Waals surface area contributed by atoms with Gasteiger partial charge >= 0.3 is 0 Å². The van der Waals surface area contributed by atoms with Crippen LogP contribution in [0.15, 0.2) is 12.3 Å². The van der Waals surface area contributed by atoms with Gasteiger partial charge in [-0.2, -0.15) is 0 Å². The second kappa shape index (κ2) is 5.72. The molecule has 1 aromatic rings. The molecule has 2 N–H and O–H groups in total. The van der Waals surface area contributed by atoms with Crippen LogP contribution in [0.2, 0.25) is 0 Å². The first-order valence-corrected chi connectivity index (χ1v) is 7.96. The molecule has 3 rings (SSSR count). The van der Waals surface area contributed by atoms with Crippen LogP contribution in [-0.2, 0) is 0 Å². The number of nitrogens with zero attached hydrogens (tertiary/aromatic N) is 3. The molecule has 0 radical (unpaired) electrons. The smallest absolute Gasteiger partial charge is 0.270 e. The van der Waals surface area contributed by atoms with Crippen LogP contribution in [0.25, 0.3) is 0 Å². The van der Waals surface area contributed by atoms with E-state index in [-0.39, 0.29) is 5.91 Å². The lowest BCUT2D eigenvalue weighted by molar-refractivity contribution is 0.0736. The van der Waals surface area contributed by atoms with Crippen molar-refractivity contribution in [2.45, 2.75) is 31.7 Å². The molecular weight excluding hydrogens is 264 g/mol. The van der Waals surface area contributed by atoms with E-state index in [4.69, 9.17) is 5.73 Å². The minimum Gasteiger partial charge on any atom is -0.397 e. The first-order valence-electron chi connectivity index (χ1n) is 7.96. The van der Waals surface area contributed by atoms with Gasteiger partial charge in [-0.25, -0.2) is 0 Å². The molecule has 1 saturated heterocycles. The summed E-state index contributed by atoms with van der Waals surface area (Å²) >= 11 is 0. The number of nitrogens with two attached hydrogens (primary N) is 1. The summed E-state index contributed by atoms with van der Waals surface area (Å²) in [5, 5.41) is 0. The third-order valence-electron chi connectivity index (χ3n) is 4.75. The van der Waals surface area contributed by atoms with Crippen molar-refractivity contribution in [1.82, 2.24) is 14.4 Å². The molecule has 1 aliphatic carbocycles. The number of hydrogen-bond donors (Lipinski definition) is 1. The van der Waals surface area contributed by atoms with E-state index in [0.717, 1.165) is 38.2 Å². The highest BCUT2D eigenvalue weighted by atomic mass is 16.2. The Bertz CT molecular complexity index is 512. The van der Waals surface area contributed by atoms with E-state index in [2.05, 4.69) is 16.5 Å². The third kappa shape index (κ3) is 3.23. The van der Waals surface area contributed by atoms with Gasteiger partial charge in [-0.15, -0.1) is 0 Å². The summed E-state index contributed by atoms with van der Waals surface area (Å²) < 4.78 is 2.07. The fourth-order valence-electron chi connectivity index (χ4n) is 3.24. The van der Waals surface area contributed by atoms with Gasteiger partial charge in [0.05, 0.1) is 5.69 Å². The quantitative estimate of drug-likeness (QED) is 0.920. The molecule has 0 aromatic carbocycles. The predicted molar refractivity (Wildman–Crippen MR) is 84.3 cm³/mol. The molecule has 2 aliphatic rings. The standard InChI is InChI=1S/C16H26N4O/c1-18-7-5-12(6-8-18)10-19(2)16(21)15-9-13(17)11-20(15)14-3-4-14/h9,11-12,14H,3-8,10,17H2,1-2H3. The van der Waals surface area contributed by atoms with Gasteiger partial charge in [-0.1, -0.05) is 0 Å². The minimum atomic E-state index is 0.109. The Kier molecular flexibility index (Phi) is 3.93. The highest BCUT2D eigenvalue weighted by molar-refractivity contribution is 5.93. The van der Waals surface area contributed by atoms with E-state index < -0.39 is 0 Å². The van der Waals surface area contributed by atoms with E-state index in [1.165, 1.54) is 12.8 Å². The molecule has 5 nitrogen and oxygen atoms in total. The maximum absolute atomic E-state index is 12.7. The lowest BCUT2D eigenvalue weighted by Crippen LogP contribution is -2.38. The van der Waals surface area contributed by atoms with Crippen molar-refractivity contribution < 1.29 is 4.79 Å². The number of piperidine rings is 1. The molecule has 1 amide bonds. The number of carbonyl (C=O) groups excluding carboxylic acids is 1. The van der Waals surface area contributed by atoms with Crippen molar-refractivity contribution in [2.24, 2.45) is 5.92 Å². The molecule has 1 aliphatic heterocycles. The van der Waals surface area contributed by atoms with Crippen LogP contribution in [0.3, 0.4) is 0 Å². The van der Waals surface area contributed by atoms with Crippen molar-refractivity contribution in [2.75, 3.05) is 39.5 Å². The number of aromatic nitrogens is 1. The molecule has 2 heterocycles. The summed E-state index contributed by atoms with van der Waals surface area (Å²) in [5.74, 6) is 0.731. The number of rotatable bonds is 4. The SMILES string of the molecule is CN1CCC(CN(C)C(=O)c2cc(N)cn2C2CC2)CC1. The second-order valence-corrected chi connectivity index (χ2v) is 6.73. The average Bonchev–Trinajstić information content (AvgIpc) is 3.23. The Morgan fingerprint density at radius 1 is 1.33 bits per heavy atom. The van der Waals surface area contributed by atoms with Crippen molar-refractivity contribution in [1.29, 1.82) is 0 Å². The maximum atomic E-state index is 12.7. The van der Waals surface area contributed by atoms with Crippen LogP contribution >= 0.6 is 0 Å². The zero-order chi connectivity index (χ0) is 15.0. The van der Waals surface area contributed by atoms with Crippen molar-refractivity contribution in [3.8, 4) is 0 Å². The summed E-state index contributed by atoms with van der Waals surface area (Å²) in [5.41, 5.74) is 7.33. The van der Waals surface area contributed by atoms with Crippen LogP contribution < -0.4 is 5.73 Å². The van der Waals surface area contributed by atoms with Gasteiger partial charge in [-0.3, -0.25) is 4.79 Å². The van der Waals surface area contributed by atoms with E-state index in [0.29, 0.717) is 17.6 Å². The Labute approximate surface area is 126 Å². The molecule has 21 heavy (non-hydrogen) atoms. The zero-order valence-electron chi connectivity index (χ0n) is 13.1. The largest absolute Gasteiger partial charge is 0.397 e. The molecule has 0 bridgehead atoms. The number of carbonyl (C=O) groups is 1. The fraction of sp³-hybridized carbons (Fsp3) is 0.688. The number of hydrogen-bond acceptors (Lipinski definition) is 3.